The zero-order valence-electron chi connectivity index (χ0n) is 21.3. The Bertz CT molecular complexity index is 1720. The lowest BCUT2D eigenvalue weighted by Gasteiger charge is -2.24. The van der Waals surface area contributed by atoms with Crippen LogP contribution in [0.15, 0.2) is 75.3 Å². The molecule has 39 heavy (non-hydrogen) atoms. The molecule has 10 heteroatoms. The van der Waals surface area contributed by atoms with E-state index in [4.69, 9.17) is 14.5 Å². The van der Waals surface area contributed by atoms with Gasteiger partial charge >= 0.3 is 5.97 Å². The van der Waals surface area contributed by atoms with Crippen molar-refractivity contribution in [2.24, 2.45) is 4.99 Å². The molecule has 4 aromatic rings. The second-order valence-electron chi connectivity index (χ2n) is 8.93. The minimum Gasteiger partial charge on any atom is -0.489 e. The van der Waals surface area contributed by atoms with Gasteiger partial charge in [0.25, 0.3) is 5.56 Å². The van der Waals surface area contributed by atoms with E-state index >= 15 is 0 Å². The number of hydrogen-bond donors (Lipinski definition) is 0. The van der Waals surface area contributed by atoms with Crippen molar-refractivity contribution in [2.45, 2.75) is 32.9 Å². The van der Waals surface area contributed by atoms with Gasteiger partial charge in [-0.25, -0.2) is 9.79 Å². The summed E-state index contributed by atoms with van der Waals surface area (Å²) in [6.07, 6.45) is 1.95. The lowest BCUT2D eigenvalue weighted by Crippen LogP contribution is -2.39. The van der Waals surface area contributed by atoms with Gasteiger partial charge in [-0.2, -0.15) is 0 Å². The number of fused-ring (bicyclic) bond motifs is 1. The highest BCUT2D eigenvalue weighted by Crippen LogP contribution is 2.37. The fourth-order valence-electron chi connectivity index (χ4n) is 4.32. The Hall–Kier alpha value is -2.29. The largest absolute Gasteiger partial charge is 0.489 e. The molecule has 0 N–H and O–H groups in total. The number of halogens is 2. The molecule has 0 bridgehead atoms. The summed E-state index contributed by atoms with van der Waals surface area (Å²) in [4.78, 5) is 33.7. The number of nitrogens with zero attached hydrogens (tertiary/aromatic N) is 2. The van der Waals surface area contributed by atoms with Gasteiger partial charge in [0.1, 0.15) is 11.8 Å². The molecule has 1 aliphatic heterocycles. The van der Waals surface area contributed by atoms with Crippen molar-refractivity contribution in [3.63, 3.8) is 0 Å². The summed E-state index contributed by atoms with van der Waals surface area (Å²) in [5.41, 5.74) is 2.39. The maximum absolute atomic E-state index is 14.0. The molecule has 0 saturated heterocycles. The lowest BCUT2D eigenvalue weighted by molar-refractivity contribution is -0.138. The zero-order valence-corrected chi connectivity index (χ0v) is 27.3. The first-order chi connectivity index (χ1) is 18.8. The Kier molecular flexibility index (Phi) is 8.74. The molecule has 0 spiro atoms. The Morgan fingerprint density at radius 2 is 1.85 bits per heavy atom. The summed E-state index contributed by atoms with van der Waals surface area (Å²) >= 11 is 7.35. The average Bonchev–Trinajstić information content (AvgIpc) is 3.54. The Morgan fingerprint density at radius 3 is 2.46 bits per heavy atom. The maximum Gasteiger partial charge on any atom is 0.338 e. The summed E-state index contributed by atoms with van der Waals surface area (Å²) in [6, 6.07) is 16.8. The third-order valence-electron chi connectivity index (χ3n) is 5.86. The standard InChI is InChI=1S/C29H24I2N2O4S2/c1-4-36-28(35)23-24(18-9-6-5-7-10-18)32-29-33(25(23)21-11-8-12-38-21)27(34)22(39-29)15-17-13-19(30)26(20(31)14-17)37-16(2)3/h5-16,25H,4H2,1-3H3/b22-15-/t25-/m0/s1. The summed E-state index contributed by atoms with van der Waals surface area (Å²) in [6.45, 7) is 5.99. The van der Waals surface area contributed by atoms with Gasteiger partial charge in [-0.05, 0) is 101 Å². The molecule has 0 saturated carbocycles. The number of rotatable bonds is 7. The molecule has 1 atom stereocenters. The Balaban J connectivity index is 1.74. The zero-order chi connectivity index (χ0) is 27.7. The van der Waals surface area contributed by atoms with Gasteiger partial charge in [0.05, 0.1) is 35.7 Å². The highest BCUT2D eigenvalue weighted by Gasteiger charge is 2.35. The molecule has 1 aliphatic rings. The number of ether oxygens (including phenoxy) is 2. The van der Waals surface area contributed by atoms with E-state index in [1.165, 1.54) is 22.7 Å². The van der Waals surface area contributed by atoms with Crippen LogP contribution in [0.25, 0.3) is 11.8 Å². The van der Waals surface area contributed by atoms with E-state index in [1.54, 1.807) is 11.5 Å². The molecule has 2 aromatic carbocycles. The van der Waals surface area contributed by atoms with Crippen molar-refractivity contribution >= 4 is 85.6 Å². The second-order valence-corrected chi connectivity index (χ2v) is 13.2. The highest BCUT2D eigenvalue weighted by atomic mass is 127. The predicted octanol–water partition coefficient (Wildman–Crippen LogP) is 5.99. The number of aromatic nitrogens is 1. The molecular weight excluding hydrogens is 758 g/mol. The number of thiazole rings is 1. The van der Waals surface area contributed by atoms with Gasteiger partial charge in [-0.3, -0.25) is 9.36 Å². The fraction of sp³-hybridized carbons (Fsp3) is 0.207. The number of carbonyl (C=O) groups is 1. The topological polar surface area (TPSA) is 69.9 Å². The molecule has 5 rings (SSSR count). The quantitative estimate of drug-likeness (QED) is 0.171. The molecule has 0 fully saturated rings. The SMILES string of the molecule is CCOC(=O)C1=C(c2ccccc2)N=c2s/c(=C\c3cc(I)c(OC(C)C)c(I)c3)c(=O)n2[C@H]1c1cccs1. The van der Waals surface area contributed by atoms with Crippen LogP contribution in [-0.2, 0) is 9.53 Å². The molecule has 200 valence electrons. The minimum absolute atomic E-state index is 0.0613. The van der Waals surface area contributed by atoms with Crippen LogP contribution in [0.4, 0.5) is 0 Å². The number of hydrogen-bond acceptors (Lipinski definition) is 7. The van der Waals surface area contributed by atoms with E-state index in [0.29, 0.717) is 20.6 Å². The lowest BCUT2D eigenvalue weighted by atomic mass is 9.97. The number of carbonyl (C=O) groups excluding carboxylic acids is 1. The number of thiophene rings is 1. The average molecular weight is 782 g/mol. The van der Waals surface area contributed by atoms with Crippen molar-refractivity contribution in [3.05, 3.63) is 108 Å². The van der Waals surface area contributed by atoms with Crippen LogP contribution in [0.3, 0.4) is 0 Å². The van der Waals surface area contributed by atoms with E-state index < -0.39 is 12.0 Å². The van der Waals surface area contributed by atoms with Crippen LogP contribution >= 0.6 is 67.9 Å². The number of esters is 1. The van der Waals surface area contributed by atoms with Gasteiger partial charge in [-0.15, -0.1) is 11.3 Å². The Morgan fingerprint density at radius 1 is 1.13 bits per heavy atom. The van der Waals surface area contributed by atoms with Crippen LogP contribution in [-0.4, -0.2) is 23.2 Å². The first kappa shape index (κ1) is 28.2. The molecular formula is C29H24I2N2O4S2. The van der Waals surface area contributed by atoms with Gasteiger partial charge in [0, 0.05) is 10.4 Å². The van der Waals surface area contributed by atoms with E-state index in [-0.39, 0.29) is 18.3 Å². The normalized spacial score (nSPS) is 15.3. The molecule has 6 nitrogen and oxygen atoms in total. The molecule has 0 radical (unpaired) electrons. The van der Waals surface area contributed by atoms with Crippen molar-refractivity contribution < 1.29 is 14.3 Å². The summed E-state index contributed by atoms with van der Waals surface area (Å²) in [5, 5.41) is 1.95. The summed E-state index contributed by atoms with van der Waals surface area (Å²) < 4.78 is 15.6. The molecule has 2 aromatic heterocycles. The van der Waals surface area contributed by atoms with E-state index in [2.05, 4.69) is 45.2 Å². The van der Waals surface area contributed by atoms with Crippen molar-refractivity contribution in [2.75, 3.05) is 6.61 Å². The molecule has 3 heterocycles. The Labute approximate surface area is 261 Å². The first-order valence-corrected chi connectivity index (χ1v) is 16.1. The van der Waals surface area contributed by atoms with Crippen LogP contribution in [0.1, 0.15) is 42.8 Å². The van der Waals surface area contributed by atoms with Gasteiger partial charge in [0.15, 0.2) is 4.80 Å². The van der Waals surface area contributed by atoms with Crippen molar-refractivity contribution in [1.29, 1.82) is 0 Å². The minimum atomic E-state index is -0.639. The smallest absolute Gasteiger partial charge is 0.338 e. The molecule has 0 aliphatic carbocycles. The maximum atomic E-state index is 14.0. The third-order valence-corrected chi connectivity index (χ3v) is 9.37. The monoisotopic (exact) mass is 782 g/mol. The molecule has 0 amide bonds. The summed E-state index contributed by atoms with van der Waals surface area (Å²) in [7, 11) is 0. The van der Waals surface area contributed by atoms with Crippen LogP contribution in [0.2, 0.25) is 0 Å². The highest BCUT2D eigenvalue weighted by molar-refractivity contribution is 14.1. The van der Waals surface area contributed by atoms with Crippen LogP contribution in [0, 0.1) is 7.14 Å². The van der Waals surface area contributed by atoms with E-state index in [9.17, 15) is 9.59 Å². The van der Waals surface area contributed by atoms with Crippen LogP contribution in [0.5, 0.6) is 5.75 Å². The van der Waals surface area contributed by atoms with Gasteiger partial charge < -0.3 is 9.47 Å². The van der Waals surface area contributed by atoms with E-state index in [1.807, 2.05) is 79.9 Å². The van der Waals surface area contributed by atoms with Gasteiger partial charge in [0.2, 0.25) is 0 Å². The number of benzene rings is 2. The summed E-state index contributed by atoms with van der Waals surface area (Å²) in [5.74, 6) is 0.367. The van der Waals surface area contributed by atoms with E-state index in [0.717, 1.165) is 28.9 Å². The fourth-order valence-corrected chi connectivity index (χ4v) is 8.21. The predicted molar refractivity (Wildman–Crippen MR) is 173 cm³/mol. The van der Waals surface area contributed by atoms with Crippen LogP contribution < -0.4 is 19.6 Å². The second kappa shape index (κ2) is 12.1. The van der Waals surface area contributed by atoms with Crippen molar-refractivity contribution in [1.82, 2.24) is 4.57 Å². The molecule has 0 unspecified atom stereocenters. The van der Waals surface area contributed by atoms with Gasteiger partial charge in [-0.1, -0.05) is 47.7 Å². The third kappa shape index (κ3) is 5.79. The van der Waals surface area contributed by atoms with Crippen molar-refractivity contribution in [3.8, 4) is 5.75 Å². The first-order valence-electron chi connectivity index (χ1n) is 12.3.